The molecule has 2 heterocycles. The number of aromatic nitrogens is 3. The van der Waals surface area contributed by atoms with E-state index in [0.29, 0.717) is 12.5 Å². The molecule has 2 aromatic rings. The number of methoxy groups -OCH3 is 1. The number of thiophene rings is 1. The van der Waals surface area contributed by atoms with Crippen LogP contribution in [0, 0.1) is 6.92 Å². The van der Waals surface area contributed by atoms with Gasteiger partial charge in [0.1, 0.15) is 0 Å². The van der Waals surface area contributed by atoms with E-state index in [9.17, 15) is 0 Å². The number of rotatable bonds is 4. The Bertz CT molecular complexity index is 513. The fraction of sp³-hybridized carbons (Fsp3) is 0.300. The minimum absolute atomic E-state index is 0.140. The van der Waals surface area contributed by atoms with Crippen LogP contribution in [0.25, 0.3) is 0 Å². The fourth-order valence-electron chi connectivity index (χ4n) is 1.29. The normalized spacial score (nSPS) is 10.2. The van der Waals surface area contributed by atoms with Gasteiger partial charge in [-0.1, -0.05) is 0 Å². The minimum atomic E-state index is 0.140. The predicted octanol–water partition coefficient (Wildman–Crippen LogP) is 1.44. The van der Waals surface area contributed by atoms with Gasteiger partial charge in [-0.25, -0.2) is 0 Å². The van der Waals surface area contributed by atoms with Gasteiger partial charge in [0.25, 0.3) is 0 Å². The molecule has 7 heteroatoms. The number of ether oxygens (including phenoxy) is 1. The Hall–Kier alpha value is -1.89. The van der Waals surface area contributed by atoms with E-state index in [2.05, 4.69) is 39.3 Å². The van der Waals surface area contributed by atoms with Crippen molar-refractivity contribution in [2.24, 2.45) is 0 Å². The number of hydrogen-bond donors (Lipinski definition) is 2. The summed E-state index contributed by atoms with van der Waals surface area (Å²) in [5.74, 6) is 0.558. The molecule has 0 bridgehead atoms. The molecule has 0 spiro atoms. The second-order valence-electron chi connectivity index (χ2n) is 3.37. The summed E-state index contributed by atoms with van der Waals surface area (Å²) in [6.07, 6.45) is 0. The van der Waals surface area contributed by atoms with Gasteiger partial charge >= 0.3 is 6.01 Å². The van der Waals surface area contributed by atoms with E-state index in [-0.39, 0.29) is 12.0 Å². The zero-order chi connectivity index (χ0) is 12.3. The Labute approximate surface area is 103 Å². The summed E-state index contributed by atoms with van der Waals surface area (Å²) in [4.78, 5) is 14.3. The van der Waals surface area contributed by atoms with Crippen molar-refractivity contribution in [2.75, 3.05) is 18.2 Å². The average molecular weight is 251 g/mol. The molecule has 0 atom stereocenters. The Morgan fingerprint density at radius 2 is 2.18 bits per heavy atom. The van der Waals surface area contributed by atoms with Crippen LogP contribution in [-0.4, -0.2) is 22.1 Å². The molecule has 0 aliphatic heterocycles. The molecule has 17 heavy (non-hydrogen) atoms. The van der Waals surface area contributed by atoms with Crippen LogP contribution >= 0.6 is 11.3 Å². The second-order valence-corrected chi connectivity index (χ2v) is 4.74. The van der Waals surface area contributed by atoms with Crippen LogP contribution in [0.4, 0.5) is 11.9 Å². The van der Waals surface area contributed by atoms with E-state index < -0.39 is 0 Å². The van der Waals surface area contributed by atoms with Crippen molar-refractivity contribution in [2.45, 2.75) is 13.5 Å². The van der Waals surface area contributed by atoms with E-state index in [1.165, 1.54) is 16.9 Å². The molecule has 0 saturated heterocycles. The first-order chi connectivity index (χ1) is 8.17. The number of nitrogens with zero attached hydrogens (tertiary/aromatic N) is 3. The number of nitrogen functional groups attached to an aromatic ring is 1. The molecule has 0 aliphatic rings. The van der Waals surface area contributed by atoms with Crippen LogP contribution in [0.3, 0.4) is 0 Å². The Morgan fingerprint density at radius 3 is 2.82 bits per heavy atom. The molecular weight excluding hydrogens is 238 g/mol. The lowest BCUT2D eigenvalue weighted by Crippen LogP contribution is -2.07. The van der Waals surface area contributed by atoms with Gasteiger partial charge in [-0.05, 0) is 19.1 Å². The lowest BCUT2D eigenvalue weighted by Gasteiger charge is -2.05. The van der Waals surface area contributed by atoms with E-state index in [1.807, 2.05) is 0 Å². The maximum absolute atomic E-state index is 5.53. The monoisotopic (exact) mass is 251 g/mol. The lowest BCUT2D eigenvalue weighted by molar-refractivity contribution is 0.379. The number of anilines is 2. The summed E-state index contributed by atoms with van der Waals surface area (Å²) in [5, 5.41) is 3.08. The molecule has 3 N–H and O–H groups in total. The number of nitrogens with one attached hydrogen (secondary N) is 1. The van der Waals surface area contributed by atoms with E-state index in [0.717, 1.165) is 0 Å². The predicted molar refractivity (Wildman–Crippen MR) is 67.2 cm³/mol. The SMILES string of the molecule is COc1nc(N)nc(NCc2ccc(C)s2)n1. The third-order valence-electron chi connectivity index (χ3n) is 2.03. The first-order valence-corrected chi connectivity index (χ1v) is 5.84. The van der Waals surface area contributed by atoms with E-state index in [1.54, 1.807) is 11.3 Å². The molecule has 0 aromatic carbocycles. The second kappa shape index (κ2) is 4.96. The molecule has 0 fully saturated rings. The molecule has 2 aromatic heterocycles. The van der Waals surface area contributed by atoms with Gasteiger partial charge < -0.3 is 15.8 Å². The summed E-state index contributed by atoms with van der Waals surface area (Å²) in [5.41, 5.74) is 5.53. The third-order valence-corrected chi connectivity index (χ3v) is 3.03. The molecule has 0 radical (unpaired) electrons. The summed E-state index contributed by atoms with van der Waals surface area (Å²) in [6.45, 7) is 2.73. The van der Waals surface area contributed by atoms with Gasteiger partial charge in [0.15, 0.2) is 0 Å². The van der Waals surface area contributed by atoms with Crippen LogP contribution in [-0.2, 0) is 6.54 Å². The van der Waals surface area contributed by atoms with Crippen molar-refractivity contribution in [3.8, 4) is 6.01 Å². The van der Waals surface area contributed by atoms with Gasteiger partial charge in [0.05, 0.1) is 13.7 Å². The molecule has 0 saturated carbocycles. The van der Waals surface area contributed by atoms with E-state index in [4.69, 9.17) is 10.5 Å². The number of hydrogen-bond acceptors (Lipinski definition) is 7. The quantitative estimate of drug-likeness (QED) is 0.855. The maximum atomic E-state index is 5.53. The van der Waals surface area contributed by atoms with Crippen LogP contribution in [0.15, 0.2) is 12.1 Å². The van der Waals surface area contributed by atoms with Crippen molar-refractivity contribution < 1.29 is 4.74 Å². The van der Waals surface area contributed by atoms with Gasteiger partial charge in [-0.2, -0.15) is 15.0 Å². The molecule has 0 aliphatic carbocycles. The zero-order valence-corrected chi connectivity index (χ0v) is 10.4. The van der Waals surface area contributed by atoms with Crippen LogP contribution in [0.2, 0.25) is 0 Å². The fourth-order valence-corrected chi connectivity index (χ4v) is 2.12. The first kappa shape index (κ1) is 11.6. The first-order valence-electron chi connectivity index (χ1n) is 5.02. The van der Waals surface area contributed by atoms with Gasteiger partial charge in [-0.15, -0.1) is 11.3 Å². The zero-order valence-electron chi connectivity index (χ0n) is 9.60. The summed E-state index contributed by atoms with van der Waals surface area (Å²) in [6, 6.07) is 4.35. The smallest absolute Gasteiger partial charge is 0.322 e. The summed E-state index contributed by atoms with van der Waals surface area (Å²) >= 11 is 1.72. The van der Waals surface area contributed by atoms with Gasteiger partial charge in [0, 0.05) is 9.75 Å². The van der Waals surface area contributed by atoms with Gasteiger partial charge in [-0.3, -0.25) is 0 Å². The highest BCUT2D eigenvalue weighted by molar-refractivity contribution is 7.11. The molecule has 0 unspecified atom stereocenters. The topological polar surface area (TPSA) is 86.0 Å². The third kappa shape index (κ3) is 3.04. The molecule has 2 rings (SSSR count). The molecular formula is C10H13N5OS. The van der Waals surface area contributed by atoms with E-state index >= 15 is 0 Å². The van der Waals surface area contributed by atoms with Crippen LogP contribution in [0.5, 0.6) is 6.01 Å². The van der Waals surface area contributed by atoms with Crippen LogP contribution in [0.1, 0.15) is 9.75 Å². The minimum Gasteiger partial charge on any atom is -0.467 e. The highest BCUT2D eigenvalue weighted by Gasteiger charge is 2.04. The Kier molecular flexibility index (Phi) is 3.38. The highest BCUT2D eigenvalue weighted by atomic mass is 32.1. The lowest BCUT2D eigenvalue weighted by atomic mass is 10.4. The molecule has 0 amide bonds. The number of aryl methyl sites for hydroxylation is 1. The van der Waals surface area contributed by atoms with Gasteiger partial charge in [0.2, 0.25) is 11.9 Å². The van der Waals surface area contributed by atoms with Crippen LogP contribution < -0.4 is 15.8 Å². The van der Waals surface area contributed by atoms with Crippen molar-refractivity contribution in [3.05, 3.63) is 21.9 Å². The van der Waals surface area contributed by atoms with Crippen molar-refractivity contribution in [1.29, 1.82) is 0 Å². The van der Waals surface area contributed by atoms with Crippen molar-refractivity contribution in [1.82, 2.24) is 15.0 Å². The molecule has 90 valence electrons. The average Bonchev–Trinajstić information content (AvgIpc) is 2.72. The number of nitrogens with two attached hydrogens (primary N) is 1. The maximum Gasteiger partial charge on any atom is 0.322 e. The summed E-state index contributed by atoms with van der Waals surface area (Å²) < 4.78 is 4.91. The Balaban J connectivity index is 2.05. The van der Waals surface area contributed by atoms with Crippen molar-refractivity contribution >= 4 is 23.2 Å². The Morgan fingerprint density at radius 1 is 1.35 bits per heavy atom. The van der Waals surface area contributed by atoms with Crippen molar-refractivity contribution in [3.63, 3.8) is 0 Å². The molecule has 6 nitrogen and oxygen atoms in total. The standard InChI is InChI=1S/C10H13N5OS/c1-6-3-4-7(17-6)5-12-9-13-8(11)14-10(15-9)16-2/h3-4H,5H2,1-2H3,(H3,11,12,13,14,15). The largest absolute Gasteiger partial charge is 0.467 e. The highest BCUT2D eigenvalue weighted by Crippen LogP contribution is 2.16. The summed E-state index contributed by atoms with van der Waals surface area (Å²) in [7, 11) is 1.49.